The van der Waals surface area contributed by atoms with Crippen LogP contribution < -0.4 is 10.1 Å². The zero-order valence-electron chi connectivity index (χ0n) is 13.7. The van der Waals surface area contributed by atoms with Gasteiger partial charge in [-0.05, 0) is 43.2 Å². The van der Waals surface area contributed by atoms with Gasteiger partial charge in [-0.25, -0.2) is 4.39 Å². The van der Waals surface area contributed by atoms with Crippen LogP contribution in [0, 0.1) is 12.7 Å². The molecule has 0 radical (unpaired) electrons. The number of aromatic amines is 1. The lowest BCUT2D eigenvalue weighted by molar-refractivity contribution is 0.0950. The third kappa shape index (κ3) is 3.11. The normalized spacial score (nSPS) is 10.8. The highest BCUT2D eigenvalue weighted by Gasteiger charge is 2.15. The van der Waals surface area contributed by atoms with E-state index in [-0.39, 0.29) is 17.2 Å². The Morgan fingerprint density at radius 3 is 2.92 bits per heavy atom. The third-order valence-electron chi connectivity index (χ3n) is 4.02. The van der Waals surface area contributed by atoms with Gasteiger partial charge in [-0.15, -0.1) is 0 Å². The first-order valence-electron chi connectivity index (χ1n) is 7.77. The molecule has 1 heterocycles. The van der Waals surface area contributed by atoms with E-state index in [0.29, 0.717) is 13.0 Å². The molecule has 0 spiro atoms. The van der Waals surface area contributed by atoms with Crippen LogP contribution in [0.5, 0.6) is 5.75 Å². The number of rotatable bonds is 5. The number of methoxy groups -OCH3 is 1. The average Bonchev–Trinajstić information content (AvgIpc) is 2.96. The summed E-state index contributed by atoms with van der Waals surface area (Å²) < 4.78 is 18.6. The highest BCUT2D eigenvalue weighted by Crippen LogP contribution is 2.22. The number of amides is 1. The van der Waals surface area contributed by atoms with Crippen molar-refractivity contribution in [2.24, 2.45) is 0 Å². The van der Waals surface area contributed by atoms with E-state index in [9.17, 15) is 9.18 Å². The molecule has 24 heavy (non-hydrogen) atoms. The van der Waals surface area contributed by atoms with E-state index in [0.717, 1.165) is 16.5 Å². The van der Waals surface area contributed by atoms with Crippen LogP contribution in [0.25, 0.3) is 10.9 Å². The Morgan fingerprint density at radius 2 is 2.12 bits per heavy atom. The van der Waals surface area contributed by atoms with Crippen molar-refractivity contribution in [1.29, 1.82) is 0 Å². The monoisotopic (exact) mass is 326 g/mol. The predicted molar refractivity (Wildman–Crippen MR) is 92.0 cm³/mol. The Bertz CT molecular complexity index is 886. The van der Waals surface area contributed by atoms with Crippen molar-refractivity contribution in [2.75, 3.05) is 13.7 Å². The van der Waals surface area contributed by atoms with Gasteiger partial charge in [0.1, 0.15) is 0 Å². The molecule has 0 bridgehead atoms. The molecular formula is C19H19FN2O2. The van der Waals surface area contributed by atoms with Crippen molar-refractivity contribution in [3.63, 3.8) is 0 Å². The quantitative estimate of drug-likeness (QED) is 0.753. The highest BCUT2D eigenvalue weighted by atomic mass is 19.1. The Hall–Kier alpha value is -2.82. The summed E-state index contributed by atoms with van der Waals surface area (Å²) in [5.41, 5.74) is 3.61. The van der Waals surface area contributed by atoms with E-state index in [2.05, 4.69) is 22.4 Å². The Kier molecular flexibility index (Phi) is 4.51. The molecule has 3 rings (SSSR count). The van der Waals surface area contributed by atoms with Gasteiger partial charge in [0, 0.05) is 23.6 Å². The number of hydrogen-bond acceptors (Lipinski definition) is 2. The molecule has 0 atom stereocenters. The SMILES string of the molecule is COc1c(F)cccc1C(=O)NCCc1c[nH]c2ccc(C)cc12. The van der Waals surface area contributed by atoms with E-state index in [1.54, 1.807) is 6.07 Å². The lowest BCUT2D eigenvalue weighted by atomic mass is 10.1. The largest absolute Gasteiger partial charge is 0.493 e. The third-order valence-corrected chi connectivity index (χ3v) is 4.02. The van der Waals surface area contributed by atoms with Crippen LogP contribution in [0.3, 0.4) is 0 Å². The van der Waals surface area contributed by atoms with Gasteiger partial charge in [0.25, 0.3) is 5.91 Å². The number of carbonyl (C=O) groups excluding carboxylic acids is 1. The number of halogens is 1. The fourth-order valence-corrected chi connectivity index (χ4v) is 2.80. The number of aryl methyl sites for hydroxylation is 1. The highest BCUT2D eigenvalue weighted by molar-refractivity contribution is 5.97. The predicted octanol–water partition coefficient (Wildman–Crippen LogP) is 3.60. The molecule has 0 aliphatic rings. The van der Waals surface area contributed by atoms with Crippen molar-refractivity contribution < 1.29 is 13.9 Å². The molecule has 1 amide bonds. The van der Waals surface area contributed by atoms with Gasteiger partial charge >= 0.3 is 0 Å². The van der Waals surface area contributed by atoms with E-state index in [1.807, 2.05) is 19.2 Å². The lowest BCUT2D eigenvalue weighted by Gasteiger charge is -2.09. The Labute approximate surface area is 139 Å². The average molecular weight is 326 g/mol. The van der Waals surface area contributed by atoms with Gasteiger partial charge in [-0.1, -0.05) is 17.7 Å². The zero-order chi connectivity index (χ0) is 17.1. The number of para-hydroxylation sites is 1. The van der Waals surface area contributed by atoms with Crippen molar-refractivity contribution in [3.05, 3.63) is 65.1 Å². The van der Waals surface area contributed by atoms with Crippen LogP contribution in [0.1, 0.15) is 21.5 Å². The Balaban J connectivity index is 1.69. The standard InChI is InChI=1S/C19H19FN2O2/c1-12-6-7-17-15(10-12)13(11-22-17)8-9-21-19(23)14-4-3-5-16(20)18(14)24-2/h3-7,10-11,22H,8-9H2,1-2H3,(H,21,23). The second-order valence-electron chi connectivity index (χ2n) is 5.69. The van der Waals surface area contributed by atoms with Gasteiger partial charge in [0.15, 0.2) is 11.6 Å². The molecule has 0 aliphatic heterocycles. The van der Waals surface area contributed by atoms with Crippen LogP contribution in [0.4, 0.5) is 4.39 Å². The first-order chi connectivity index (χ1) is 11.6. The molecule has 0 saturated heterocycles. The number of aromatic nitrogens is 1. The van der Waals surface area contributed by atoms with E-state index >= 15 is 0 Å². The van der Waals surface area contributed by atoms with Crippen LogP contribution >= 0.6 is 0 Å². The summed E-state index contributed by atoms with van der Waals surface area (Å²) in [6, 6.07) is 10.5. The minimum absolute atomic E-state index is 0.0299. The van der Waals surface area contributed by atoms with E-state index in [1.165, 1.54) is 24.8 Å². The number of nitrogens with one attached hydrogen (secondary N) is 2. The molecular weight excluding hydrogens is 307 g/mol. The summed E-state index contributed by atoms with van der Waals surface area (Å²) in [5, 5.41) is 3.98. The maximum absolute atomic E-state index is 13.7. The molecule has 5 heteroatoms. The lowest BCUT2D eigenvalue weighted by Crippen LogP contribution is -2.26. The molecule has 1 aromatic heterocycles. The van der Waals surface area contributed by atoms with Crippen LogP contribution in [-0.4, -0.2) is 24.5 Å². The van der Waals surface area contributed by atoms with Gasteiger partial charge in [-0.2, -0.15) is 0 Å². The fraction of sp³-hybridized carbons (Fsp3) is 0.211. The van der Waals surface area contributed by atoms with Gasteiger partial charge < -0.3 is 15.0 Å². The topological polar surface area (TPSA) is 54.1 Å². The van der Waals surface area contributed by atoms with Crippen molar-refractivity contribution in [2.45, 2.75) is 13.3 Å². The molecule has 2 aromatic carbocycles. The maximum Gasteiger partial charge on any atom is 0.255 e. The fourth-order valence-electron chi connectivity index (χ4n) is 2.80. The zero-order valence-corrected chi connectivity index (χ0v) is 13.7. The molecule has 0 unspecified atom stereocenters. The summed E-state index contributed by atoms with van der Waals surface area (Å²) in [4.78, 5) is 15.5. The number of carbonyl (C=O) groups is 1. The smallest absolute Gasteiger partial charge is 0.255 e. The summed E-state index contributed by atoms with van der Waals surface area (Å²) in [7, 11) is 1.35. The van der Waals surface area contributed by atoms with Crippen molar-refractivity contribution in [3.8, 4) is 5.75 Å². The van der Waals surface area contributed by atoms with Gasteiger partial charge in [0.05, 0.1) is 12.7 Å². The van der Waals surface area contributed by atoms with Crippen molar-refractivity contribution in [1.82, 2.24) is 10.3 Å². The number of hydrogen-bond donors (Lipinski definition) is 2. The molecule has 4 nitrogen and oxygen atoms in total. The molecule has 2 N–H and O–H groups in total. The minimum Gasteiger partial charge on any atom is -0.493 e. The van der Waals surface area contributed by atoms with Crippen LogP contribution in [0.15, 0.2) is 42.6 Å². The maximum atomic E-state index is 13.7. The number of benzene rings is 2. The second kappa shape index (κ2) is 6.74. The first kappa shape index (κ1) is 16.1. The number of H-pyrrole nitrogens is 1. The second-order valence-corrected chi connectivity index (χ2v) is 5.69. The molecule has 3 aromatic rings. The summed E-state index contributed by atoms with van der Waals surface area (Å²) in [6.45, 7) is 2.51. The summed E-state index contributed by atoms with van der Waals surface area (Å²) >= 11 is 0. The number of ether oxygens (including phenoxy) is 1. The van der Waals surface area contributed by atoms with E-state index < -0.39 is 5.82 Å². The van der Waals surface area contributed by atoms with Gasteiger partial charge in [-0.3, -0.25) is 4.79 Å². The van der Waals surface area contributed by atoms with Crippen LogP contribution in [-0.2, 0) is 6.42 Å². The summed E-state index contributed by atoms with van der Waals surface area (Å²) in [5.74, 6) is -0.919. The van der Waals surface area contributed by atoms with E-state index in [4.69, 9.17) is 4.74 Å². The molecule has 0 aliphatic carbocycles. The minimum atomic E-state index is -0.544. The van der Waals surface area contributed by atoms with Gasteiger partial charge in [0.2, 0.25) is 0 Å². The number of fused-ring (bicyclic) bond motifs is 1. The summed E-state index contributed by atoms with van der Waals surface area (Å²) in [6.07, 6.45) is 2.64. The first-order valence-corrected chi connectivity index (χ1v) is 7.77. The van der Waals surface area contributed by atoms with Crippen LogP contribution in [0.2, 0.25) is 0 Å². The molecule has 0 fully saturated rings. The molecule has 124 valence electrons. The van der Waals surface area contributed by atoms with Crippen molar-refractivity contribution >= 4 is 16.8 Å². The Morgan fingerprint density at radius 1 is 1.29 bits per heavy atom. The molecule has 0 saturated carbocycles.